The van der Waals surface area contributed by atoms with Gasteiger partial charge in [0.1, 0.15) is 0 Å². The lowest BCUT2D eigenvalue weighted by atomic mass is 9.79. The summed E-state index contributed by atoms with van der Waals surface area (Å²) < 4.78 is 7.21. The van der Waals surface area contributed by atoms with E-state index in [0.29, 0.717) is 5.41 Å². The molecule has 3 heterocycles. The van der Waals surface area contributed by atoms with Gasteiger partial charge in [0.05, 0.1) is 18.5 Å². The zero-order valence-electron chi connectivity index (χ0n) is 16.1. The van der Waals surface area contributed by atoms with Gasteiger partial charge in [0.25, 0.3) is 0 Å². The molecule has 6 heteroatoms. The van der Waals surface area contributed by atoms with Crippen molar-refractivity contribution in [1.82, 2.24) is 19.6 Å². The monoisotopic (exact) mass is 388 g/mol. The SMILES string of the molecule is COCCN1CCC[C@@]2(CCN(Cc3cnn(-c4ccc(Cl)cc4)c3)C2)C1. The molecule has 2 aromatic rings. The average Bonchev–Trinajstić information content (AvgIpc) is 3.29. The average molecular weight is 389 g/mol. The molecule has 1 aromatic heterocycles. The maximum absolute atomic E-state index is 5.98. The first kappa shape index (κ1) is 18.9. The lowest BCUT2D eigenvalue weighted by Crippen LogP contribution is -2.45. The first-order valence-corrected chi connectivity index (χ1v) is 10.3. The molecule has 2 saturated heterocycles. The van der Waals surface area contributed by atoms with Gasteiger partial charge in [-0.25, -0.2) is 4.68 Å². The number of rotatable bonds is 6. The second kappa shape index (κ2) is 8.31. The normalized spacial score (nSPS) is 24.1. The molecule has 0 radical (unpaired) electrons. The summed E-state index contributed by atoms with van der Waals surface area (Å²) in [5, 5.41) is 5.28. The van der Waals surface area contributed by atoms with Crippen LogP contribution in [0.25, 0.3) is 5.69 Å². The minimum Gasteiger partial charge on any atom is -0.383 e. The van der Waals surface area contributed by atoms with Crippen molar-refractivity contribution in [2.75, 3.05) is 46.4 Å². The van der Waals surface area contributed by atoms with E-state index < -0.39 is 0 Å². The van der Waals surface area contributed by atoms with Gasteiger partial charge in [0.15, 0.2) is 0 Å². The highest BCUT2D eigenvalue weighted by molar-refractivity contribution is 6.30. The molecule has 5 nitrogen and oxygen atoms in total. The maximum Gasteiger partial charge on any atom is 0.0646 e. The number of ether oxygens (including phenoxy) is 1. The van der Waals surface area contributed by atoms with E-state index in [0.717, 1.165) is 30.4 Å². The lowest BCUT2D eigenvalue weighted by molar-refractivity contribution is 0.0673. The fraction of sp³-hybridized carbons (Fsp3) is 0.571. The van der Waals surface area contributed by atoms with Crippen LogP contribution in [0, 0.1) is 5.41 Å². The fourth-order valence-electron chi connectivity index (χ4n) is 4.65. The van der Waals surface area contributed by atoms with E-state index in [1.807, 2.05) is 35.1 Å². The number of hydrogen-bond donors (Lipinski definition) is 0. The first-order chi connectivity index (χ1) is 13.2. The zero-order chi connectivity index (χ0) is 18.7. The Morgan fingerprint density at radius 1 is 1.11 bits per heavy atom. The maximum atomic E-state index is 5.98. The van der Waals surface area contributed by atoms with Crippen molar-refractivity contribution < 1.29 is 4.74 Å². The molecule has 2 aliphatic rings. The summed E-state index contributed by atoms with van der Waals surface area (Å²) in [7, 11) is 1.79. The van der Waals surface area contributed by atoms with Gasteiger partial charge in [-0.05, 0) is 62.0 Å². The summed E-state index contributed by atoms with van der Waals surface area (Å²) in [6.45, 7) is 7.70. The molecule has 0 N–H and O–H groups in total. The lowest BCUT2D eigenvalue weighted by Gasteiger charge is -2.40. The minimum absolute atomic E-state index is 0.470. The molecular weight excluding hydrogens is 360 g/mol. The summed E-state index contributed by atoms with van der Waals surface area (Å²) in [6.07, 6.45) is 8.11. The molecule has 0 bridgehead atoms. The topological polar surface area (TPSA) is 33.5 Å². The van der Waals surface area contributed by atoms with Crippen LogP contribution in [0.1, 0.15) is 24.8 Å². The second-order valence-electron chi connectivity index (χ2n) is 8.10. The molecule has 4 rings (SSSR count). The van der Waals surface area contributed by atoms with Crippen molar-refractivity contribution >= 4 is 11.6 Å². The van der Waals surface area contributed by atoms with Crippen molar-refractivity contribution in [3.63, 3.8) is 0 Å². The summed E-state index contributed by atoms with van der Waals surface area (Å²) in [6, 6.07) is 7.81. The molecule has 2 aliphatic heterocycles. The molecule has 0 amide bonds. The Labute approximate surface area is 166 Å². The Morgan fingerprint density at radius 3 is 2.74 bits per heavy atom. The number of piperidine rings is 1. The standard InChI is InChI=1S/C21H29ClN4O/c1-27-12-11-24-9-2-7-21(16-24)8-10-25(17-21)14-18-13-23-26(15-18)20-5-3-19(22)4-6-20/h3-6,13,15H,2,7-12,14,16-17H2,1H3/t21-/m1/s1. The van der Waals surface area contributed by atoms with Crippen molar-refractivity contribution in [3.8, 4) is 5.69 Å². The van der Waals surface area contributed by atoms with Crippen LogP contribution in [-0.4, -0.2) is 66.0 Å². The largest absolute Gasteiger partial charge is 0.383 e. The number of aromatic nitrogens is 2. The van der Waals surface area contributed by atoms with E-state index in [2.05, 4.69) is 21.1 Å². The van der Waals surface area contributed by atoms with E-state index >= 15 is 0 Å². The molecule has 1 atom stereocenters. The molecule has 27 heavy (non-hydrogen) atoms. The third-order valence-electron chi connectivity index (χ3n) is 6.00. The van der Waals surface area contributed by atoms with Gasteiger partial charge >= 0.3 is 0 Å². The van der Waals surface area contributed by atoms with Crippen LogP contribution in [0.3, 0.4) is 0 Å². The van der Waals surface area contributed by atoms with Crippen LogP contribution in [0.15, 0.2) is 36.7 Å². The van der Waals surface area contributed by atoms with E-state index in [1.165, 1.54) is 51.0 Å². The summed E-state index contributed by atoms with van der Waals surface area (Å²) in [4.78, 5) is 5.19. The Kier molecular flexibility index (Phi) is 5.83. The predicted octanol–water partition coefficient (Wildman–Crippen LogP) is 3.46. The quantitative estimate of drug-likeness (QED) is 0.758. The third kappa shape index (κ3) is 4.54. The van der Waals surface area contributed by atoms with Crippen LogP contribution < -0.4 is 0 Å². The number of likely N-dealkylation sites (tertiary alicyclic amines) is 2. The number of benzene rings is 1. The number of nitrogens with zero attached hydrogens (tertiary/aromatic N) is 4. The highest BCUT2D eigenvalue weighted by atomic mass is 35.5. The van der Waals surface area contributed by atoms with Crippen LogP contribution >= 0.6 is 11.6 Å². The van der Waals surface area contributed by atoms with E-state index in [1.54, 1.807) is 7.11 Å². The molecule has 2 fully saturated rings. The molecular formula is C21H29ClN4O. The molecule has 0 saturated carbocycles. The summed E-state index contributed by atoms with van der Waals surface area (Å²) in [5.41, 5.74) is 2.79. The van der Waals surface area contributed by atoms with Crippen LogP contribution in [0.4, 0.5) is 0 Å². The van der Waals surface area contributed by atoms with Crippen LogP contribution in [-0.2, 0) is 11.3 Å². The van der Waals surface area contributed by atoms with Crippen LogP contribution in [0.2, 0.25) is 5.02 Å². The van der Waals surface area contributed by atoms with Crippen molar-refractivity contribution in [2.45, 2.75) is 25.8 Å². The molecule has 146 valence electrons. The van der Waals surface area contributed by atoms with Gasteiger partial charge in [-0.2, -0.15) is 5.10 Å². The minimum atomic E-state index is 0.470. The van der Waals surface area contributed by atoms with E-state index in [4.69, 9.17) is 16.3 Å². The third-order valence-corrected chi connectivity index (χ3v) is 6.25. The van der Waals surface area contributed by atoms with Gasteiger partial charge in [-0.3, -0.25) is 4.90 Å². The molecule has 1 aromatic carbocycles. The Bertz CT molecular complexity index is 747. The van der Waals surface area contributed by atoms with Crippen molar-refractivity contribution in [1.29, 1.82) is 0 Å². The number of methoxy groups -OCH3 is 1. The van der Waals surface area contributed by atoms with E-state index in [-0.39, 0.29) is 0 Å². The zero-order valence-corrected chi connectivity index (χ0v) is 16.9. The highest BCUT2D eigenvalue weighted by Crippen LogP contribution is 2.39. The number of halogens is 1. The fourth-order valence-corrected chi connectivity index (χ4v) is 4.78. The Balaban J connectivity index is 1.35. The van der Waals surface area contributed by atoms with Crippen LogP contribution in [0.5, 0.6) is 0 Å². The summed E-state index contributed by atoms with van der Waals surface area (Å²) in [5.74, 6) is 0. The Morgan fingerprint density at radius 2 is 1.93 bits per heavy atom. The van der Waals surface area contributed by atoms with Crippen molar-refractivity contribution in [2.24, 2.45) is 5.41 Å². The van der Waals surface area contributed by atoms with Gasteiger partial charge in [0.2, 0.25) is 0 Å². The Hall–Kier alpha value is -1.40. The van der Waals surface area contributed by atoms with Crippen molar-refractivity contribution in [3.05, 3.63) is 47.2 Å². The second-order valence-corrected chi connectivity index (χ2v) is 8.54. The molecule has 0 unspecified atom stereocenters. The van der Waals surface area contributed by atoms with Gasteiger partial charge in [0, 0.05) is 50.1 Å². The van der Waals surface area contributed by atoms with E-state index in [9.17, 15) is 0 Å². The first-order valence-electron chi connectivity index (χ1n) is 9.89. The predicted molar refractivity (Wildman–Crippen MR) is 108 cm³/mol. The van der Waals surface area contributed by atoms with Gasteiger partial charge in [-0.15, -0.1) is 0 Å². The van der Waals surface area contributed by atoms with Gasteiger partial charge < -0.3 is 9.64 Å². The summed E-state index contributed by atoms with van der Waals surface area (Å²) >= 11 is 5.98. The smallest absolute Gasteiger partial charge is 0.0646 e. The molecule has 0 aliphatic carbocycles. The highest BCUT2D eigenvalue weighted by Gasteiger charge is 2.41. The van der Waals surface area contributed by atoms with Gasteiger partial charge in [-0.1, -0.05) is 11.6 Å². The molecule has 1 spiro atoms. The number of hydrogen-bond acceptors (Lipinski definition) is 4.